The minimum atomic E-state index is -4.16. The average molecular weight is 833 g/mol. The monoisotopic (exact) mass is 832 g/mol. The number of phosphoric acid groups is 3. The number of benzene rings is 4. The van der Waals surface area contributed by atoms with Crippen LogP contribution in [0.1, 0.15) is 86.1 Å². The Morgan fingerprint density at radius 3 is 0.804 bits per heavy atom. The normalized spacial score (nSPS) is 13.3. The van der Waals surface area contributed by atoms with E-state index in [0.717, 1.165) is 0 Å². The number of aromatic hydroxyl groups is 1. The van der Waals surface area contributed by atoms with Crippen molar-refractivity contribution < 1.29 is 59.5 Å². The minimum absolute atomic E-state index is 0.0337. The molecular weight excluding hydrogens is 781 g/mol. The van der Waals surface area contributed by atoms with Gasteiger partial charge >= 0.3 is 23.5 Å². The summed E-state index contributed by atoms with van der Waals surface area (Å²) in [5, 5.41) is 11.8. The molecule has 0 atom stereocenters. The molecule has 13 nitrogen and oxygen atoms in total. The molecular formula is C40H51O13P3. The maximum Gasteiger partial charge on any atom is 0.530 e. The molecule has 0 fully saturated rings. The van der Waals surface area contributed by atoms with Crippen molar-refractivity contribution in [1.82, 2.24) is 0 Å². The quantitative estimate of drug-likeness (QED) is 0.0834. The molecule has 1 aliphatic rings. The van der Waals surface area contributed by atoms with E-state index in [9.17, 15) is 18.8 Å². The van der Waals surface area contributed by atoms with Crippen molar-refractivity contribution in [3.63, 3.8) is 0 Å². The molecule has 0 amide bonds. The fourth-order valence-corrected chi connectivity index (χ4v) is 10.2. The average Bonchev–Trinajstić information content (AvgIpc) is 3.14. The van der Waals surface area contributed by atoms with E-state index in [0.29, 0.717) is 44.5 Å². The van der Waals surface area contributed by atoms with Crippen molar-refractivity contribution in [2.45, 2.75) is 67.2 Å². The molecule has 0 aliphatic heterocycles. The van der Waals surface area contributed by atoms with Crippen LogP contribution in [-0.4, -0.2) is 44.7 Å². The maximum atomic E-state index is 14.1. The lowest BCUT2D eigenvalue weighted by atomic mass is 9.91. The van der Waals surface area contributed by atoms with E-state index in [-0.39, 0.29) is 88.3 Å². The number of para-hydroxylation sites is 4. The molecule has 0 spiro atoms. The molecule has 16 heteroatoms. The molecule has 0 unspecified atom stereocenters. The Hall–Kier alpha value is -3.47. The molecule has 304 valence electrons. The summed E-state index contributed by atoms with van der Waals surface area (Å²) in [5.41, 5.74) is 4.60. The predicted octanol–water partition coefficient (Wildman–Crippen LogP) is 10.7. The summed E-state index contributed by atoms with van der Waals surface area (Å²) in [5.74, 6) is 0.738. The summed E-state index contributed by atoms with van der Waals surface area (Å²) in [6.45, 7) is 10.5. The Labute approximate surface area is 329 Å². The molecule has 1 N–H and O–H groups in total. The van der Waals surface area contributed by atoms with Crippen LogP contribution in [-0.2, 0) is 66.5 Å². The molecule has 0 heterocycles. The zero-order valence-corrected chi connectivity index (χ0v) is 35.4. The molecule has 4 aromatic carbocycles. The van der Waals surface area contributed by atoms with Crippen LogP contribution in [0.4, 0.5) is 0 Å². The smallest absolute Gasteiger partial charge is 0.507 e. The second-order valence-electron chi connectivity index (χ2n) is 12.5. The number of phenols is 1. The first kappa shape index (κ1) is 43.6. The summed E-state index contributed by atoms with van der Waals surface area (Å²) in [7, 11) is -12.4. The molecule has 1 aliphatic carbocycles. The number of phosphoric ester groups is 3. The van der Waals surface area contributed by atoms with Crippen LogP contribution in [0.25, 0.3) is 0 Å². The molecule has 0 saturated carbocycles. The van der Waals surface area contributed by atoms with Gasteiger partial charge in [-0.25, -0.2) is 13.7 Å². The highest BCUT2D eigenvalue weighted by Gasteiger charge is 2.34. The molecule has 56 heavy (non-hydrogen) atoms. The first-order chi connectivity index (χ1) is 26.9. The first-order valence-corrected chi connectivity index (χ1v) is 23.2. The molecule has 4 aromatic rings. The van der Waals surface area contributed by atoms with Gasteiger partial charge in [-0.05, 0) is 86.1 Å². The highest BCUT2D eigenvalue weighted by molar-refractivity contribution is 7.49. The zero-order valence-electron chi connectivity index (χ0n) is 32.7. The van der Waals surface area contributed by atoms with Gasteiger partial charge < -0.3 is 18.7 Å². The van der Waals surface area contributed by atoms with E-state index in [1.807, 2.05) is 60.7 Å². The van der Waals surface area contributed by atoms with Crippen molar-refractivity contribution in [3.8, 4) is 23.0 Å². The summed E-state index contributed by atoms with van der Waals surface area (Å²) < 4.78 is 94.2. The van der Waals surface area contributed by atoms with Crippen LogP contribution < -0.4 is 13.6 Å². The summed E-state index contributed by atoms with van der Waals surface area (Å²) in [4.78, 5) is 0. The Morgan fingerprint density at radius 1 is 0.393 bits per heavy atom. The number of hydrogen-bond donors (Lipinski definition) is 1. The maximum absolute atomic E-state index is 14.1. The van der Waals surface area contributed by atoms with Crippen molar-refractivity contribution in [2.24, 2.45) is 0 Å². The summed E-state index contributed by atoms with van der Waals surface area (Å²) >= 11 is 0. The number of rotatable bonds is 18. The molecule has 5 rings (SSSR count). The SMILES string of the molecule is CCOP(=O)(OCC)Oc1c2cccc1Cc1cccc(c1OP(=O)(OCC)OCC)Cc1cccc(c1OP(=O)(OCC)OCC)Cc1cccc(c1O)C2. The molecule has 8 bridgehead atoms. The molecule has 0 radical (unpaired) electrons. The highest BCUT2D eigenvalue weighted by atomic mass is 31.2. The van der Waals surface area contributed by atoms with Crippen LogP contribution in [0.15, 0.2) is 72.8 Å². The third-order valence-electron chi connectivity index (χ3n) is 8.59. The van der Waals surface area contributed by atoms with E-state index in [1.54, 1.807) is 53.7 Å². The van der Waals surface area contributed by atoms with Crippen LogP contribution in [0.5, 0.6) is 23.0 Å². The van der Waals surface area contributed by atoms with E-state index in [1.165, 1.54) is 0 Å². The van der Waals surface area contributed by atoms with Gasteiger partial charge in [0.2, 0.25) is 0 Å². The van der Waals surface area contributed by atoms with Gasteiger partial charge in [0, 0.05) is 25.7 Å². The Balaban J connectivity index is 1.81. The van der Waals surface area contributed by atoms with E-state index in [2.05, 4.69) is 0 Å². The number of phenolic OH excluding ortho intramolecular Hbond substituents is 1. The van der Waals surface area contributed by atoms with Crippen molar-refractivity contribution in [1.29, 1.82) is 0 Å². The van der Waals surface area contributed by atoms with E-state index >= 15 is 0 Å². The van der Waals surface area contributed by atoms with Crippen molar-refractivity contribution in [3.05, 3.63) is 117 Å². The number of hydrogen-bond acceptors (Lipinski definition) is 13. The van der Waals surface area contributed by atoms with E-state index in [4.69, 9.17) is 40.7 Å². The van der Waals surface area contributed by atoms with Gasteiger partial charge in [-0.3, -0.25) is 27.1 Å². The summed E-state index contributed by atoms with van der Waals surface area (Å²) in [6, 6.07) is 21.8. The Kier molecular flexibility index (Phi) is 15.4. The van der Waals surface area contributed by atoms with Gasteiger partial charge in [0.1, 0.15) is 23.0 Å². The largest absolute Gasteiger partial charge is 0.530 e. The van der Waals surface area contributed by atoms with Crippen LogP contribution in [0.3, 0.4) is 0 Å². The second-order valence-corrected chi connectivity index (χ2v) is 17.3. The second kappa shape index (κ2) is 19.8. The molecule has 0 saturated heterocycles. The minimum Gasteiger partial charge on any atom is -0.507 e. The van der Waals surface area contributed by atoms with Gasteiger partial charge in [-0.1, -0.05) is 72.8 Å². The van der Waals surface area contributed by atoms with Crippen LogP contribution in [0.2, 0.25) is 0 Å². The summed E-state index contributed by atoms with van der Waals surface area (Å²) in [6.07, 6.45) is 0.591. The van der Waals surface area contributed by atoms with Gasteiger partial charge in [0.15, 0.2) is 0 Å². The fourth-order valence-electron chi connectivity index (χ4n) is 6.41. The van der Waals surface area contributed by atoms with Gasteiger partial charge in [0.05, 0.1) is 39.6 Å². The predicted molar refractivity (Wildman–Crippen MR) is 213 cm³/mol. The first-order valence-electron chi connectivity index (χ1n) is 18.8. The Bertz CT molecular complexity index is 1950. The van der Waals surface area contributed by atoms with E-state index < -0.39 is 23.5 Å². The lowest BCUT2D eigenvalue weighted by molar-refractivity contribution is 0.165. The number of fused-ring (bicyclic) bond motifs is 8. The van der Waals surface area contributed by atoms with Crippen LogP contribution in [0, 0.1) is 0 Å². The van der Waals surface area contributed by atoms with Gasteiger partial charge in [-0.15, -0.1) is 0 Å². The van der Waals surface area contributed by atoms with Gasteiger partial charge in [-0.2, -0.15) is 0 Å². The standard InChI is InChI=1S/C40H51O13P3/c1-7-45-54(42,46-8-2)51-38-31-19-14-21-33(38)27-35-23-16-24-36(40(35)53-56(44,49-11-5)50-12-6)28-34-22-15-20-32(26-30-18-13-17-29(25-31)37(30)41)39(34)52-55(43,47-9-3)48-10-4/h13-24,41H,7-12,25-28H2,1-6H3. The fraction of sp³-hybridized carbons (Fsp3) is 0.400. The lowest BCUT2D eigenvalue weighted by Gasteiger charge is -2.25. The van der Waals surface area contributed by atoms with Gasteiger partial charge in [0.25, 0.3) is 0 Å². The zero-order chi connectivity index (χ0) is 40.3. The topological polar surface area (TPSA) is 155 Å². The molecule has 0 aromatic heterocycles. The highest BCUT2D eigenvalue weighted by Crippen LogP contribution is 2.55. The van der Waals surface area contributed by atoms with Crippen LogP contribution >= 0.6 is 23.5 Å². The lowest BCUT2D eigenvalue weighted by Crippen LogP contribution is -2.10. The van der Waals surface area contributed by atoms with Crippen molar-refractivity contribution >= 4 is 23.5 Å². The Morgan fingerprint density at radius 2 is 0.589 bits per heavy atom. The third kappa shape index (κ3) is 10.7. The third-order valence-corrected chi connectivity index (χ3v) is 13.3. The van der Waals surface area contributed by atoms with Crippen molar-refractivity contribution in [2.75, 3.05) is 39.6 Å².